The number of nitrogens with one attached hydrogen (secondary N) is 1. The number of carbonyl (C=O) groups is 2. The van der Waals surface area contributed by atoms with Crippen molar-refractivity contribution in [2.45, 2.75) is 25.4 Å². The fourth-order valence-corrected chi connectivity index (χ4v) is 2.94. The number of amides is 2. The molecule has 1 aromatic carbocycles. The topological polar surface area (TPSA) is 58.6 Å². The summed E-state index contributed by atoms with van der Waals surface area (Å²) in [6.45, 7) is 1.53. The van der Waals surface area contributed by atoms with Gasteiger partial charge in [-0.2, -0.15) is 0 Å². The van der Waals surface area contributed by atoms with Crippen LogP contribution in [0.3, 0.4) is 0 Å². The number of hydrogen-bond donors (Lipinski definition) is 1. The first kappa shape index (κ1) is 15.0. The molecule has 22 heavy (non-hydrogen) atoms. The Bertz CT molecular complexity index is 572. The second-order valence-corrected chi connectivity index (χ2v) is 5.77. The van der Waals surface area contributed by atoms with E-state index in [2.05, 4.69) is 5.32 Å². The third-order valence-corrected chi connectivity index (χ3v) is 4.14. The Balaban J connectivity index is 1.57. The van der Waals surface area contributed by atoms with Crippen LogP contribution >= 0.6 is 0 Å². The summed E-state index contributed by atoms with van der Waals surface area (Å²) in [4.78, 5) is 25.7. The van der Waals surface area contributed by atoms with Gasteiger partial charge in [0, 0.05) is 31.8 Å². The highest BCUT2D eigenvalue weighted by molar-refractivity contribution is 6.00. The highest BCUT2D eigenvalue weighted by Gasteiger charge is 2.35. The summed E-state index contributed by atoms with van der Waals surface area (Å²) in [5, 5.41) is 2.85. The first-order valence-electron chi connectivity index (χ1n) is 7.59. The lowest BCUT2D eigenvalue weighted by Gasteiger charge is -2.17. The van der Waals surface area contributed by atoms with E-state index in [4.69, 9.17) is 4.74 Å². The molecule has 0 radical (unpaired) electrons. The molecule has 3 rings (SSSR count). The summed E-state index contributed by atoms with van der Waals surface area (Å²) in [5.41, 5.74) is 0.499. The largest absolute Gasteiger partial charge is 0.376 e. The lowest BCUT2D eigenvalue weighted by molar-refractivity contribution is -0.126. The molecule has 5 nitrogen and oxygen atoms in total. The quantitative estimate of drug-likeness (QED) is 0.916. The number of hydrogen-bond acceptors (Lipinski definition) is 3. The SMILES string of the molecule is O=C(NCC1CCCO1)C1CC(=O)N(c2cccc(F)c2)C1. The van der Waals surface area contributed by atoms with Crippen molar-refractivity contribution in [2.75, 3.05) is 24.6 Å². The summed E-state index contributed by atoms with van der Waals surface area (Å²) in [6.07, 6.45) is 2.23. The molecule has 118 valence electrons. The molecule has 2 aliphatic rings. The van der Waals surface area contributed by atoms with E-state index < -0.39 is 11.7 Å². The first-order valence-corrected chi connectivity index (χ1v) is 7.59. The number of rotatable bonds is 4. The third-order valence-electron chi connectivity index (χ3n) is 4.14. The van der Waals surface area contributed by atoms with Crippen molar-refractivity contribution in [3.05, 3.63) is 30.1 Å². The van der Waals surface area contributed by atoms with Crippen molar-refractivity contribution in [3.63, 3.8) is 0 Å². The molecule has 2 saturated heterocycles. The summed E-state index contributed by atoms with van der Waals surface area (Å²) < 4.78 is 18.7. The van der Waals surface area contributed by atoms with E-state index in [1.54, 1.807) is 12.1 Å². The molecule has 0 spiro atoms. The van der Waals surface area contributed by atoms with Gasteiger partial charge >= 0.3 is 0 Å². The number of anilines is 1. The molecule has 0 saturated carbocycles. The maximum Gasteiger partial charge on any atom is 0.227 e. The van der Waals surface area contributed by atoms with Crippen LogP contribution in [0, 0.1) is 11.7 Å². The molecule has 2 unspecified atom stereocenters. The number of halogens is 1. The van der Waals surface area contributed by atoms with Gasteiger partial charge in [-0.05, 0) is 31.0 Å². The minimum absolute atomic E-state index is 0.0837. The summed E-state index contributed by atoms with van der Waals surface area (Å²) >= 11 is 0. The van der Waals surface area contributed by atoms with Crippen LogP contribution < -0.4 is 10.2 Å². The number of carbonyl (C=O) groups excluding carboxylic acids is 2. The Kier molecular flexibility index (Phi) is 4.38. The zero-order valence-corrected chi connectivity index (χ0v) is 12.3. The van der Waals surface area contributed by atoms with E-state index in [-0.39, 0.29) is 24.3 Å². The Morgan fingerprint density at radius 3 is 3.05 bits per heavy atom. The van der Waals surface area contributed by atoms with Crippen molar-refractivity contribution in [1.82, 2.24) is 5.32 Å². The van der Waals surface area contributed by atoms with E-state index in [0.29, 0.717) is 18.8 Å². The van der Waals surface area contributed by atoms with Gasteiger partial charge in [0.25, 0.3) is 0 Å². The monoisotopic (exact) mass is 306 g/mol. The maximum atomic E-state index is 13.3. The van der Waals surface area contributed by atoms with E-state index in [1.165, 1.54) is 17.0 Å². The van der Waals surface area contributed by atoms with Gasteiger partial charge in [-0.1, -0.05) is 6.07 Å². The lowest BCUT2D eigenvalue weighted by atomic mass is 10.1. The average molecular weight is 306 g/mol. The van der Waals surface area contributed by atoms with E-state index >= 15 is 0 Å². The van der Waals surface area contributed by atoms with Gasteiger partial charge in [0.15, 0.2) is 0 Å². The summed E-state index contributed by atoms with van der Waals surface area (Å²) in [5.74, 6) is -1.07. The fraction of sp³-hybridized carbons (Fsp3) is 0.500. The first-order chi connectivity index (χ1) is 10.6. The van der Waals surface area contributed by atoms with Crippen molar-refractivity contribution in [3.8, 4) is 0 Å². The van der Waals surface area contributed by atoms with Crippen molar-refractivity contribution in [2.24, 2.45) is 5.92 Å². The van der Waals surface area contributed by atoms with Crippen LogP contribution in [0.1, 0.15) is 19.3 Å². The zero-order valence-electron chi connectivity index (χ0n) is 12.3. The molecular weight excluding hydrogens is 287 g/mol. The molecule has 2 atom stereocenters. The molecule has 0 aliphatic carbocycles. The average Bonchev–Trinajstić information content (AvgIpc) is 3.14. The standard InChI is InChI=1S/C16H19FN2O3/c17-12-3-1-4-13(8-12)19-10-11(7-15(19)20)16(21)18-9-14-5-2-6-22-14/h1,3-4,8,11,14H,2,5-7,9-10H2,(H,18,21). The molecule has 2 aliphatic heterocycles. The zero-order chi connectivity index (χ0) is 15.5. The van der Waals surface area contributed by atoms with Crippen LogP contribution in [0.4, 0.5) is 10.1 Å². The van der Waals surface area contributed by atoms with Crippen molar-refractivity contribution >= 4 is 17.5 Å². The van der Waals surface area contributed by atoms with Crippen LogP contribution in [0.25, 0.3) is 0 Å². The minimum atomic E-state index is -0.392. The molecule has 2 fully saturated rings. The predicted octanol–water partition coefficient (Wildman–Crippen LogP) is 1.47. The predicted molar refractivity (Wildman–Crippen MR) is 78.8 cm³/mol. The van der Waals surface area contributed by atoms with Gasteiger partial charge in [-0.25, -0.2) is 4.39 Å². The molecule has 1 aromatic rings. The highest BCUT2D eigenvalue weighted by Crippen LogP contribution is 2.25. The van der Waals surface area contributed by atoms with Crippen LogP contribution in [-0.4, -0.2) is 37.6 Å². The van der Waals surface area contributed by atoms with Crippen LogP contribution in [-0.2, 0) is 14.3 Å². The van der Waals surface area contributed by atoms with Crippen LogP contribution in [0.2, 0.25) is 0 Å². The van der Waals surface area contributed by atoms with Gasteiger partial charge in [0.2, 0.25) is 11.8 Å². The minimum Gasteiger partial charge on any atom is -0.376 e. The van der Waals surface area contributed by atoms with Gasteiger partial charge in [-0.15, -0.1) is 0 Å². The van der Waals surface area contributed by atoms with Gasteiger partial charge in [0.05, 0.1) is 12.0 Å². The summed E-state index contributed by atoms with van der Waals surface area (Å²) in [7, 11) is 0. The molecule has 2 amide bonds. The Labute approximate surface area is 128 Å². The Morgan fingerprint density at radius 2 is 2.32 bits per heavy atom. The Hall–Kier alpha value is -1.95. The number of benzene rings is 1. The lowest BCUT2D eigenvalue weighted by Crippen LogP contribution is -2.37. The molecular formula is C16H19FN2O3. The van der Waals surface area contributed by atoms with Gasteiger partial charge in [-0.3, -0.25) is 9.59 Å². The third kappa shape index (κ3) is 3.27. The maximum absolute atomic E-state index is 13.3. The van der Waals surface area contributed by atoms with E-state index in [9.17, 15) is 14.0 Å². The normalized spacial score (nSPS) is 24.8. The molecule has 0 bridgehead atoms. The van der Waals surface area contributed by atoms with Crippen LogP contribution in [0.15, 0.2) is 24.3 Å². The summed E-state index contributed by atoms with van der Waals surface area (Å²) in [6, 6.07) is 5.87. The molecule has 0 aromatic heterocycles. The van der Waals surface area contributed by atoms with E-state index in [0.717, 1.165) is 19.4 Å². The van der Waals surface area contributed by atoms with Crippen LogP contribution in [0.5, 0.6) is 0 Å². The molecule has 6 heteroatoms. The molecule has 1 N–H and O–H groups in total. The second-order valence-electron chi connectivity index (χ2n) is 5.77. The highest BCUT2D eigenvalue weighted by atomic mass is 19.1. The molecule has 2 heterocycles. The van der Waals surface area contributed by atoms with Crippen molar-refractivity contribution in [1.29, 1.82) is 0 Å². The fourth-order valence-electron chi connectivity index (χ4n) is 2.94. The van der Waals surface area contributed by atoms with E-state index in [1.807, 2.05) is 0 Å². The smallest absolute Gasteiger partial charge is 0.227 e. The Morgan fingerprint density at radius 1 is 1.45 bits per heavy atom. The van der Waals surface area contributed by atoms with Crippen molar-refractivity contribution < 1.29 is 18.7 Å². The second kappa shape index (κ2) is 6.44. The number of nitrogens with zero attached hydrogens (tertiary/aromatic N) is 1. The van der Waals surface area contributed by atoms with Gasteiger partial charge in [0.1, 0.15) is 5.82 Å². The number of ether oxygens (including phenoxy) is 1. The van der Waals surface area contributed by atoms with Gasteiger partial charge < -0.3 is 15.0 Å².